The van der Waals surface area contributed by atoms with Crippen molar-refractivity contribution in [3.05, 3.63) is 81.8 Å². The summed E-state index contributed by atoms with van der Waals surface area (Å²) >= 11 is 6.13. The Hall–Kier alpha value is -3.98. The molecule has 1 aliphatic rings. The van der Waals surface area contributed by atoms with Crippen LogP contribution in [0, 0.1) is 17.0 Å². The van der Waals surface area contributed by atoms with Crippen LogP contribution in [-0.2, 0) is 0 Å². The van der Waals surface area contributed by atoms with E-state index < -0.39 is 4.92 Å². The Bertz CT molecular complexity index is 1370. The monoisotopic (exact) mass is 475 g/mol. The van der Waals surface area contributed by atoms with Gasteiger partial charge in [-0.1, -0.05) is 23.7 Å². The first-order valence-electron chi connectivity index (χ1n) is 10.9. The number of nitrogens with zero attached hydrogens (tertiary/aromatic N) is 6. The molecule has 0 atom stereocenters. The highest BCUT2D eigenvalue weighted by molar-refractivity contribution is 6.30. The molecule has 172 valence electrons. The van der Waals surface area contributed by atoms with Crippen molar-refractivity contribution in [2.24, 2.45) is 0 Å². The number of hydrogen-bond donors (Lipinski definition) is 1. The van der Waals surface area contributed by atoms with Gasteiger partial charge < -0.3 is 15.1 Å². The molecule has 1 fully saturated rings. The van der Waals surface area contributed by atoms with Gasteiger partial charge in [0.2, 0.25) is 11.6 Å². The summed E-state index contributed by atoms with van der Waals surface area (Å²) in [5.74, 6) is 0.461. The van der Waals surface area contributed by atoms with Crippen molar-refractivity contribution in [3.8, 4) is 0 Å². The fourth-order valence-corrected chi connectivity index (χ4v) is 4.39. The molecule has 0 saturated carbocycles. The SMILES string of the molecule is Cc1ccc2c(Nc3ncnc(N4CCN(c5cccc(Cl)c5)CC4)c3[N+](=O)[O-])cccc2n1. The Balaban J connectivity index is 1.43. The van der Waals surface area contributed by atoms with Crippen molar-refractivity contribution in [1.82, 2.24) is 15.0 Å². The van der Waals surface area contributed by atoms with E-state index in [4.69, 9.17) is 11.6 Å². The van der Waals surface area contributed by atoms with Gasteiger partial charge in [-0.15, -0.1) is 0 Å². The molecule has 1 aliphatic heterocycles. The highest BCUT2D eigenvalue weighted by Gasteiger charge is 2.29. The number of pyridine rings is 1. The van der Waals surface area contributed by atoms with E-state index in [1.807, 2.05) is 66.4 Å². The first kappa shape index (κ1) is 21.8. The van der Waals surface area contributed by atoms with Crippen molar-refractivity contribution >= 4 is 51.2 Å². The molecule has 0 unspecified atom stereocenters. The van der Waals surface area contributed by atoms with Crippen LogP contribution >= 0.6 is 11.6 Å². The molecular weight excluding hydrogens is 454 g/mol. The van der Waals surface area contributed by atoms with Gasteiger partial charge in [-0.2, -0.15) is 0 Å². The van der Waals surface area contributed by atoms with Gasteiger partial charge in [-0.3, -0.25) is 15.1 Å². The Morgan fingerprint density at radius 1 is 1.00 bits per heavy atom. The van der Waals surface area contributed by atoms with Crippen LogP contribution in [0.2, 0.25) is 5.02 Å². The molecule has 1 saturated heterocycles. The van der Waals surface area contributed by atoms with Crippen LogP contribution in [0.15, 0.2) is 60.9 Å². The van der Waals surface area contributed by atoms with Gasteiger partial charge in [-0.05, 0) is 49.4 Å². The number of rotatable bonds is 5. The highest BCUT2D eigenvalue weighted by atomic mass is 35.5. The molecule has 0 amide bonds. The summed E-state index contributed by atoms with van der Waals surface area (Å²) < 4.78 is 0. The number of anilines is 4. The molecule has 0 spiro atoms. The van der Waals surface area contributed by atoms with E-state index in [-0.39, 0.29) is 11.5 Å². The molecule has 0 aliphatic carbocycles. The van der Waals surface area contributed by atoms with E-state index >= 15 is 0 Å². The van der Waals surface area contributed by atoms with Gasteiger partial charge in [0.25, 0.3) is 0 Å². The van der Waals surface area contributed by atoms with Crippen molar-refractivity contribution < 1.29 is 4.92 Å². The minimum absolute atomic E-state index is 0.143. The van der Waals surface area contributed by atoms with Crippen LogP contribution in [-0.4, -0.2) is 46.1 Å². The molecule has 10 heteroatoms. The number of aryl methyl sites for hydroxylation is 1. The second-order valence-electron chi connectivity index (χ2n) is 8.06. The van der Waals surface area contributed by atoms with Crippen LogP contribution < -0.4 is 15.1 Å². The zero-order valence-electron chi connectivity index (χ0n) is 18.5. The molecule has 9 nitrogen and oxygen atoms in total. The number of aromatic nitrogens is 3. The molecule has 34 heavy (non-hydrogen) atoms. The van der Waals surface area contributed by atoms with Gasteiger partial charge in [-0.25, -0.2) is 9.97 Å². The lowest BCUT2D eigenvalue weighted by Crippen LogP contribution is -2.47. The summed E-state index contributed by atoms with van der Waals surface area (Å²) in [4.78, 5) is 28.9. The quantitative estimate of drug-likeness (QED) is 0.319. The van der Waals surface area contributed by atoms with Crippen LogP contribution in [0.3, 0.4) is 0 Å². The minimum Gasteiger partial charge on any atom is -0.368 e. The summed E-state index contributed by atoms with van der Waals surface area (Å²) in [6, 6.07) is 17.2. The summed E-state index contributed by atoms with van der Waals surface area (Å²) in [6.45, 7) is 4.48. The van der Waals surface area contributed by atoms with Crippen LogP contribution in [0.25, 0.3) is 10.9 Å². The smallest absolute Gasteiger partial charge is 0.353 e. The Kier molecular flexibility index (Phi) is 5.85. The number of halogens is 1. The number of piperazine rings is 1. The van der Waals surface area contributed by atoms with Crippen molar-refractivity contribution in [1.29, 1.82) is 0 Å². The third-order valence-corrected chi connectivity index (χ3v) is 6.10. The normalized spacial score (nSPS) is 13.8. The molecule has 0 bridgehead atoms. The maximum atomic E-state index is 12.1. The zero-order chi connectivity index (χ0) is 23.7. The van der Waals surface area contributed by atoms with E-state index in [1.54, 1.807) is 0 Å². The fraction of sp³-hybridized carbons (Fsp3) is 0.208. The summed E-state index contributed by atoms with van der Waals surface area (Å²) in [6.07, 6.45) is 1.36. The average Bonchev–Trinajstić information content (AvgIpc) is 2.84. The van der Waals surface area contributed by atoms with E-state index in [1.165, 1.54) is 6.33 Å². The third-order valence-electron chi connectivity index (χ3n) is 5.86. The molecule has 0 radical (unpaired) electrons. The minimum atomic E-state index is -0.422. The van der Waals surface area contributed by atoms with Crippen LogP contribution in [0.4, 0.5) is 28.7 Å². The Morgan fingerprint density at radius 3 is 2.53 bits per heavy atom. The molecular formula is C24H22ClN7O2. The van der Waals surface area contributed by atoms with Gasteiger partial charge >= 0.3 is 5.69 Å². The number of hydrogen-bond acceptors (Lipinski definition) is 8. The largest absolute Gasteiger partial charge is 0.368 e. The standard InChI is InChI=1S/C24H22ClN7O2/c1-16-8-9-19-20(28-16)6-3-7-21(19)29-23-22(32(33)34)24(27-15-26-23)31-12-10-30(11-13-31)18-5-2-4-17(25)14-18/h2-9,14-15H,10-13H2,1H3,(H,26,27,29). The number of benzene rings is 2. The van der Waals surface area contributed by atoms with E-state index in [0.717, 1.165) is 22.3 Å². The summed E-state index contributed by atoms with van der Waals surface area (Å²) in [5, 5.41) is 16.8. The second kappa shape index (κ2) is 9.11. The predicted octanol–water partition coefficient (Wildman–Crippen LogP) is 4.97. The summed E-state index contributed by atoms with van der Waals surface area (Å²) in [5.41, 5.74) is 3.29. The number of fused-ring (bicyclic) bond motifs is 1. The lowest BCUT2D eigenvalue weighted by molar-refractivity contribution is -0.383. The molecule has 4 aromatic rings. The van der Waals surface area contributed by atoms with E-state index in [0.29, 0.717) is 42.7 Å². The lowest BCUT2D eigenvalue weighted by atomic mass is 10.1. The third kappa shape index (κ3) is 4.29. The van der Waals surface area contributed by atoms with Gasteiger partial charge in [0, 0.05) is 53.7 Å². The number of nitrogens with one attached hydrogen (secondary N) is 1. The molecule has 3 heterocycles. The predicted molar refractivity (Wildman–Crippen MR) is 134 cm³/mol. The Labute approximate surface area is 201 Å². The van der Waals surface area contributed by atoms with Crippen molar-refractivity contribution in [2.75, 3.05) is 41.3 Å². The Morgan fingerprint density at radius 2 is 1.76 bits per heavy atom. The van der Waals surface area contributed by atoms with Crippen molar-refractivity contribution in [3.63, 3.8) is 0 Å². The maximum absolute atomic E-state index is 12.1. The zero-order valence-corrected chi connectivity index (χ0v) is 19.2. The molecule has 1 N–H and O–H groups in total. The first-order valence-corrected chi connectivity index (χ1v) is 11.3. The second-order valence-corrected chi connectivity index (χ2v) is 8.49. The van der Waals surface area contributed by atoms with Gasteiger partial charge in [0.1, 0.15) is 6.33 Å². The molecule has 5 rings (SSSR count). The maximum Gasteiger partial charge on any atom is 0.353 e. The summed E-state index contributed by atoms with van der Waals surface area (Å²) in [7, 11) is 0. The van der Waals surface area contributed by atoms with Crippen LogP contribution in [0.1, 0.15) is 5.69 Å². The van der Waals surface area contributed by atoms with Crippen molar-refractivity contribution in [2.45, 2.75) is 6.92 Å². The van der Waals surface area contributed by atoms with E-state index in [2.05, 4.69) is 25.2 Å². The lowest BCUT2D eigenvalue weighted by Gasteiger charge is -2.36. The average molecular weight is 476 g/mol. The topological polar surface area (TPSA) is 100 Å². The highest BCUT2D eigenvalue weighted by Crippen LogP contribution is 2.36. The molecule has 2 aromatic heterocycles. The van der Waals surface area contributed by atoms with E-state index in [9.17, 15) is 10.1 Å². The molecule has 2 aromatic carbocycles. The number of nitro groups is 1. The van der Waals surface area contributed by atoms with Gasteiger partial charge in [0.15, 0.2) is 0 Å². The van der Waals surface area contributed by atoms with Crippen LogP contribution in [0.5, 0.6) is 0 Å². The first-order chi connectivity index (χ1) is 16.5. The fourth-order valence-electron chi connectivity index (χ4n) is 4.20. The van der Waals surface area contributed by atoms with Gasteiger partial charge in [0.05, 0.1) is 10.4 Å².